The molecule has 0 aromatic carbocycles. The Morgan fingerprint density at radius 1 is 1.56 bits per heavy atom. The van der Waals surface area contributed by atoms with Crippen molar-refractivity contribution in [3.05, 3.63) is 0 Å². The fourth-order valence-corrected chi connectivity index (χ4v) is 2.27. The van der Waals surface area contributed by atoms with Crippen molar-refractivity contribution in [3.63, 3.8) is 0 Å². The highest BCUT2D eigenvalue weighted by Crippen LogP contribution is 2.48. The van der Waals surface area contributed by atoms with Gasteiger partial charge in [0.15, 0.2) is 0 Å². The summed E-state index contributed by atoms with van der Waals surface area (Å²) < 4.78 is 5.42. The first kappa shape index (κ1) is 11.7. The van der Waals surface area contributed by atoms with E-state index in [-0.39, 0.29) is 5.41 Å². The summed E-state index contributed by atoms with van der Waals surface area (Å²) in [6.07, 6.45) is 5.38. The lowest BCUT2D eigenvalue weighted by atomic mass is 10.0. The van der Waals surface area contributed by atoms with Gasteiger partial charge in [0.05, 0.1) is 6.61 Å². The lowest BCUT2D eigenvalue weighted by Gasteiger charge is -2.25. The summed E-state index contributed by atoms with van der Waals surface area (Å²) in [5.41, 5.74) is 5.80. The van der Waals surface area contributed by atoms with Gasteiger partial charge in [-0.25, -0.2) is 0 Å². The normalized spacial score (nSPS) is 29.0. The maximum absolute atomic E-state index is 8.57. The Bertz CT molecular complexity index is 258. The van der Waals surface area contributed by atoms with Crippen molar-refractivity contribution in [1.82, 2.24) is 5.32 Å². The average molecular weight is 227 g/mol. The van der Waals surface area contributed by atoms with Crippen LogP contribution in [0, 0.1) is 5.41 Å². The fraction of sp³-hybridized carbons (Fsp3) is 0.909. The van der Waals surface area contributed by atoms with Gasteiger partial charge >= 0.3 is 0 Å². The summed E-state index contributed by atoms with van der Waals surface area (Å²) in [5, 5.41) is 15.2. The molecular formula is C11H21N3O2. The number of hydrogen-bond acceptors (Lipinski definition) is 4. The zero-order valence-corrected chi connectivity index (χ0v) is 9.61. The molecule has 2 fully saturated rings. The summed E-state index contributed by atoms with van der Waals surface area (Å²) in [5.74, 6) is 0.346. The van der Waals surface area contributed by atoms with Gasteiger partial charge in [-0.1, -0.05) is 5.16 Å². The van der Waals surface area contributed by atoms with E-state index in [4.69, 9.17) is 15.7 Å². The standard InChI is InChI=1S/C11H21N3O2/c12-10(14-15)6-11(3-4-11)8-13-9-2-1-5-16-7-9/h9,13,15H,1-8H2,(H2,12,14). The van der Waals surface area contributed by atoms with Gasteiger partial charge in [-0.3, -0.25) is 0 Å². The number of nitrogens with one attached hydrogen (secondary N) is 1. The topological polar surface area (TPSA) is 79.9 Å². The molecule has 5 nitrogen and oxygen atoms in total. The monoisotopic (exact) mass is 227 g/mol. The minimum Gasteiger partial charge on any atom is -0.409 e. The predicted molar refractivity (Wildman–Crippen MR) is 61.5 cm³/mol. The van der Waals surface area contributed by atoms with E-state index in [0.29, 0.717) is 18.3 Å². The number of oxime groups is 1. The molecule has 1 aliphatic heterocycles. The molecule has 1 unspecified atom stereocenters. The third-order valence-corrected chi connectivity index (χ3v) is 3.57. The van der Waals surface area contributed by atoms with E-state index in [1.165, 1.54) is 19.3 Å². The number of nitrogens with zero attached hydrogens (tertiary/aromatic N) is 1. The van der Waals surface area contributed by atoms with Gasteiger partial charge in [0.2, 0.25) is 0 Å². The second-order valence-corrected chi connectivity index (χ2v) is 5.06. The summed E-state index contributed by atoms with van der Waals surface area (Å²) in [7, 11) is 0. The van der Waals surface area contributed by atoms with Gasteiger partial charge in [-0.05, 0) is 31.1 Å². The largest absolute Gasteiger partial charge is 0.409 e. The molecule has 92 valence electrons. The molecule has 1 heterocycles. The molecule has 16 heavy (non-hydrogen) atoms. The first-order valence-electron chi connectivity index (χ1n) is 6.02. The van der Waals surface area contributed by atoms with Crippen LogP contribution in [0.2, 0.25) is 0 Å². The van der Waals surface area contributed by atoms with Crippen LogP contribution in [0.1, 0.15) is 32.1 Å². The Morgan fingerprint density at radius 3 is 2.94 bits per heavy atom. The highest BCUT2D eigenvalue weighted by Gasteiger charge is 2.43. The fourth-order valence-electron chi connectivity index (χ4n) is 2.27. The molecule has 0 aromatic rings. The SMILES string of the molecule is NC(CC1(CNC2CCCOC2)CC1)=NO. The van der Waals surface area contributed by atoms with E-state index >= 15 is 0 Å². The molecule has 0 radical (unpaired) electrons. The molecular weight excluding hydrogens is 206 g/mol. The minimum absolute atomic E-state index is 0.244. The van der Waals surface area contributed by atoms with Crippen molar-refractivity contribution in [2.24, 2.45) is 16.3 Å². The van der Waals surface area contributed by atoms with E-state index in [1.807, 2.05) is 0 Å². The van der Waals surface area contributed by atoms with E-state index in [2.05, 4.69) is 10.5 Å². The number of rotatable bonds is 5. The van der Waals surface area contributed by atoms with Crippen LogP contribution in [0.3, 0.4) is 0 Å². The molecule has 2 rings (SSSR count). The third-order valence-electron chi connectivity index (χ3n) is 3.57. The Balaban J connectivity index is 1.72. The van der Waals surface area contributed by atoms with E-state index < -0.39 is 0 Å². The Morgan fingerprint density at radius 2 is 2.38 bits per heavy atom. The highest BCUT2D eigenvalue weighted by atomic mass is 16.5. The van der Waals surface area contributed by atoms with Gasteiger partial charge in [0, 0.05) is 25.6 Å². The Labute approximate surface area is 96.0 Å². The molecule has 0 aromatic heterocycles. The lowest BCUT2D eigenvalue weighted by Crippen LogP contribution is -2.40. The van der Waals surface area contributed by atoms with E-state index in [0.717, 1.165) is 26.2 Å². The van der Waals surface area contributed by atoms with E-state index in [1.54, 1.807) is 0 Å². The van der Waals surface area contributed by atoms with Gasteiger partial charge < -0.3 is 21.0 Å². The molecule has 1 saturated heterocycles. The lowest BCUT2D eigenvalue weighted by molar-refractivity contribution is 0.0687. The van der Waals surface area contributed by atoms with Crippen molar-refractivity contribution in [3.8, 4) is 0 Å². The Hall–Kier alpha value is -0.810. The van der Waals surface area contributed by atoms with Crippen LogP contribution < -0.4 is 11.1 Å². The molecule has 1 saturated carbocycles. The third kappa shape index (κ3) is 3.09. The molecule has 1 atom stereocenters. The molecule has 0 bridgehead atoms. The summed E-state index contributed by atoms with van der Waals surface area (Å²) >= 11 is 0. The molecule has 0 spiro atoms. The Kier molecular flexibility index (Phi) is 3.66. The second kappa shape index (κ2) is 5.01. The van der Waals surface area contributed by atoms with Crippen LogP contribution in [-0.2, 0) is 4.74 Å². The molecule has 1 aliphatic carbocycles. The summed E-state index contributed by atoms with van der Waals surface area (Å²) in [4.78, 5) is 0. The summed E-state index contributed by atoms with van der Waals surface area (Å²) in [6.45, 7) is 2.67. The van der Waals surface area contributed by atoms with Crippen molar-refractivity contribution in [2.45, 2.75) is 38.1 Å². The number of nitrogens with two attached hydrogens (primary N) is 1. The number of hydrogen-bond donors (Lipinski definition) is 3. The quantitative estimate of drug-likeness (QED) is 0.279. The van der Waals surface area contributed by atoms with Crippen molar-refractivity contribution < 1.29 is 9.94 Å². The first-order chi connectivity index (χ1) is 7.74. The van der Waals surface area contributed by atoms with Crippen LogP contribution in [0.5, 0.6) is 0 Å². The van der Waals surface area contributed by atoms with Crippen LogP contribution in [0.25, 0.3) is 0 Å². The molecule has 4 N–H and O–H groups in total. The van der Waals surface area contributed by atoms with Crippen LogP contribution >= 0.6 is 0 Å². The number of amidine groups is 1. The van der Waals surface area contributed by atoms with E-state index in [9.17, 15) is 0 Å². The van der Waals surface area contributed by atoms with Gasteiger partial charge in [0.25, 0.3) is 0 Å². The summed E-state index contributed by atoms with van der Waals surface area (Å²) in [6, 6.07) is 0.485. The maximum atomic E-state index is 8.57. The van der Waals surface area contributed by atoms with Crippen molar-refractivity contribution in [1.29, 1.82) is 0 Å². The first-order valence-corrected chi connectivity index (χ1v) is 6.02. The molecule has 5 heteroatoms. The average Bonchev–Trinajstić information content (AvgIpc) is 3.08. The van der Waals surface area contributed by atoms with Gasteiger partial charge in [-0.15, -0.1) is 0 Å². The zero-order valence-electron chi connectivity index (χ0n) is 9.61. The van der Waals surface area contributed by atoms with Crippen LogP contribution in [0.15, 0.2) is 5.16 Å². The molecule has 2 aliphatic rings. The van der Waals surface area contributed by atoms with Gasteiger partial charge in [0.1, 0.15) is 5.84 Å². The zero-order chi connectivity index (χ0) is 11.4. The van der Waals surface area contributed by atoms with Gasteiger partial charge in [-0.2, -0.15) is 0 Å². The molecule has 0 amide bonds. The minimum atomic E-state index is 0.244. The van der Waals surface area contributed by atoms with Crippen LogP contribution in [-0.4, -0.2) is 36.8 Å². The smallest absolute Gasteiger partial charge is 0.139 e. The second-order valence-electron chi connectivity index (χ2n) is 5.06. The predicted octanol–water partition coefficient (Wildman–Crippen LogP) is 0.672. The highest BCUT2D eigenvalue weighted by molar-refractivity contribution is 5.80. The maximum Gasteiger partial charge on any atom is 0.139 e. The van der Waals surface area contributed by atoms with Crippen LogP contribution in [0.4, 0.5) is 0 Å². The van der Waals surface area contributed by atoms with Crippen molar-refractivity contribution in [2.75, 3.05) is 19.8 Å². The number of ether oxygens (including phenoxy) is 1. The van der Waals surface area contributed by atoms with Crippen molar-refractivity contribution >= 4 is 5.84 Å².